The molecule has 0 spiro atoms. The van der Waals surface area contributed by atoms with Gasteiger partial charge in [-0.15, -0.1) is 0 Å². The Labute approximate surface area is 104 Å². The highest BCUT2D eigenvalue weighted by Gasteiger charge is 2.23. The number of nitrogens with one attached hydrogen (secondary N) is 1. The van der Waals surface area contributed by atoms with Crippen LogP contribution < -0.4 is 5.32 Å². The SMILES string of the molecule is CC1CCCCN1C(=O)CCN1CCNCC1. The number of likely N-dealkylation sites (tertiary alicyclic amines) is 1. The van der Waals surface area contributed by atoms with Crippen LogP contribution in [0.5, 0.6) is 0 Å². The van der Waals surface area contributed by atoms with Crippen molar-refractivity contribution in [2.24, 2.45) is 0 Å². The molecular formula is C13H25N3O. The van der Waals surface area contributed by atoms with Gasteiger partial charge in [0, 0.05) is 51.7 Å². The number of piperidine rings is 1. The summed E-state index contributed by atoms with van der Waals surface area (Å²) in [5, 5.41) is 3.34. The van der Waals surface area contributed by atoms with E-state index in [0.29, 0.717) is 18.4 Å². The summed E-state index contributed by atoms with van der Waals surface area (Å²) >= 11 is 0. The second-order valence-electron chi connectivity index (χ2n) is 5.27. The third-order valence-electron chi connectivity index (χ3n) is 3.97. The van der Waals surface area contributed by atoms with E-state index in [1.54, 1.807) is 0 Å². The van der Waals surface area contributed by atoms with E-state index in [9.17, 15) is 4.79 Å². The number of piperazine rings is 1. The summed E-state index contributed by atoms with van der Waals surface area (Å²) in [6, 6.07) is 0.458. The van der Waals surface area contributed by atoms with Crippen LogP contribution in [-0.2, 0) is 4.79 Å². The van der Waals surface area contributed by atoms with Gasteiger partial charge >= 0.3 is 0 Å². The van der Waals surface area contributed by atoms with Crippen LogP contribution in [-0.4, -0.2) is 61.0 Å². The number of carbonyl (C=O) groups is 1. The van der Waals surface area contributed by atoms with E-state index < -0.39 is 0 Å². The summed E-state index contributed by atoms with van der Waals surface area (Å²) in [6.07, 6.45) is 4.34. The fourth-order valence-corrected chi connectivity index (χ4v) is 2.80. The maximum absolute atomic E-state index is 12.1. The van der Waals surface area contributed by atoms with E-state index in [0.717, 1.165) is 39.3 Å². The molecule has 2 rings (SSSR count). The zero-order valence-electron chi connectivity index (χ0n) is 11.0. The van der Waals surface area contributed by atoms with Crippen LogP contribution in [0.4, 0.5) is 0 Å². The molecule has 0 saturated carbocycles. The van der Waals surface area contributed by atoms with E-state index >= 15 is 0 Å². The Morgan fingerprint density at radius 3 is 2.71 bits per heavy atom. The highest BCUT2D eigenvalue weighted by atomic mass is 16.2. The topological polar surface area (TPSA) is 35.6 Å². The van der Waals surface area contributed by atoms with E-state index in [1.165, 1.54) is 19.3 Å². The normalized spacial score (nSPS) is 27.1. The largest absolute Gasteiger partial charge is 0.340 e. The van der Waals surface area contributed by atoms with Gasteiger partial charge in [-0.3, -0.25) is 4.79 Å². The maximum Gasteiger partial charge on any atom is 0.224 e. The maximum atomic E-state index is 12.1. The lowest BCUT2D eigenvalue weighted by Crippen LogP contribution is -2.46. The van der Waals surface area contributed by atoms with Gasteiger partial charge in [-0.25, -0.2) is 0 Å². The molecule has 0 bridgehead atoms. The van der Waals surface area contributed by atoms with Gasteiger partial charge in [-0.2, -0.15) is 0 Å². The van der Waals surface area contributed by atoms with Crippen molar-refractivity contribution in [3.63, 3.8) is 0 Å². The van der Waals surface area contributed by atoms with Crippen molar-refractivity contribution in [1.82, 2.24) is 15.1 Å². The van der Waals surface area contributed by atoms with Crippen molar-refractivity contribution in [1.29, 1.82) is 0 Å². The van der Waals surface area contributed by atoms with Gasteiger partial charge in [0.1, 0.15) is 0 Å². The molecule has 2 saturated heterocycles. The van der Waals surface area contributed by atoms with Crippen LogP contribution >= 0.6 is 0 Å². The molecule has 2 aliphatic heterocycles. The number of nitrogens with zero attached hydrogens (tertiary/aromatic N) is 2. The van der Waals surface area contributed by atoms with E-state index in [1.807, 2.05) is 0 Å². The lowest BCUT2D eigenvalue weighted by molar-refractivity contribution is -0.134. The molecule has 1 unspecified atom stereocenters. The second kappa shape index (κ2) is 6.36. The molecule has 4 nitrogen and oxygen atoms in total. The monoisotopic (exact) mass is 239 g/mol. The first-order valence-corrected chi connectivity index (χ1v) is 7.00. The van der Waals surface area contributed by atoms with Crippen LogP contribution in [0.25, 0.3) is 0 Å². The predicted molar refractivity (Wildman–Crippen MR) is 69.0 cm³/mol. The van der Waals surface area contributed by atoms with E-state index in [-0.39, 0.29) is 0 Å². The summed E-state index contributed by atoms with van der Waals surface area (Å²) < 4.78 is 0. The van der Waals surface area contributed by atoms with Gasteiger partial charge < -0.3 is 15.1 Å². The summed E-state index contributed by atoms with van der Waals surface area (Å²) in [6.45, 7) is 8.39. The lowest BCUT2D eigenvalue weighted by Gasteiger charge is -2.34. The number of carbonyl (C=O) groups excluding carboxylic acids is 1. The molecule has 0 radical (unpaired) electrons. The minimum Gasteiger partial charge on any atom is -0.340 e. The van der Waals surface area contributed by atoms with Crippen molar-refractivity contribution in [3.05, 3.63) is 0 Å². The molecule has 4 heteroatoms. The molecule has 1 atom stereocenters. The smallest absolute Gasteiger partial charge is 0.224 e. The Hall–Kier alpha value is -0.610. The highest BCUT2D eigenvalue weighted by molar-refractivity contribution is 5.76. The van der Waals surface area contributed by atoms with Crippen LogP contribution in [0.15, 0.2) is 0 Å². The first kappa shape index (κ1) is 12.8. The molecule has 0 aromatic carbocycles. The molecule has 2 fully saturated rings. The lowest BCUT2D eigenvalue weighted by atomic mass is 10.0. The standard InChI is InChI=1S/C13H25N3O/c1-12-4-2-3-8-16(12)13(17)5-9-15-10-6-14-7-11-15/h12,14H,2-11H2,1H3. The number of rotatable bonds is 3. The highest BCUT2D eigenvalue weighted by Crippen LogP contribution is 2.17. The quantitative estimate of drug-likeness (QED) is 0.787. The molecule has 98 valence electrons. The van der Waals surface area contributed by atoms with Gasteiger partial charge in [0.2, 0.25) is 5.91 Å². The van der Waals surface area contributed by atoms with Crippen LogP contribution in [0, 0.1) is 0 Å². The second-order valence-corrected chi connectivity index (χ2v) is 5.27. The third kappa shape index (κ3) is 3.68. The molecule has 2 aliphatic rings. The molecule has 0 aromatic rings. The van der Waals surface area contributed by atoms with Crippen molar-refractivity contribution < 1.29 is 4.79 Å². The molecule has 0 aromatic heterocycles. The summed E-state index contributed by atoms with van der Waals surface area (Å²) in [7, 11) is 0. The first-order valence-electron chi connectivity index (χ1n) is 7.00. The Bertz CT molecular complexity index is 251. The van der Waals surface area contributed by atoms with Crippen molar-refractivity contribution in [2.75, 3.05) is 39.3 Å². The third-order valence-corrected chi connectivity index (χ3v) is 3.97. The summed E-state index contributed by atoms with van der Waals surface area (Å²) in [4.78, 5) is 16.6. The van der Waals surface area contributed by atoms with E-state index in [4.69, 9.17) is 0 Å². The van der Waals surface area contributed by atoms with Crippen LogP contribution in [0.1, 0.15) is 32.6 Å². The molecule has 1 N–H and O–H groups in total. The van der Waals surface area contributed by atoms with Crippen LogP contribution in [0.3, 0.4) is 0 Å². The van der Waals surface area contributed by atoms with Gasteiger partial charge in [-0.1, -0.05) is 0 Å². The van der Waals surface area contributed by atoms with Gasteiger partial charge in [-0.05, 0) is 26.2 Å². The summed E-state index contributed by atoms with van der Waals surface area (Å²) in [5.74, 6) is 0.357. The minimum absolute atomic E-state index is 0.357. The molecule has 2 heterocycles. The van der Waals surface area contributed by atoms with Crippen LogP contribution in [0.2, 0.25) is 0 Å². The van der Waals surface area contributed by atoms with Gasteiger partial charge in [0.15, 0.2) is 0 Å². The fraction of sp³-hybridized carbons (Fsp3) is 0.923. The average molecular weight is 239 g/mol. The Morgan fingerprint density at radius 1 is 1.24 bits per heavy atom. The zero-order chi connectivity index (χ0) is 12.1. The minimum atomic E-state index is 0.357. The molecular weight excluding hydrogens is 214 g/mol. The number of hydrogen-bond donors (Lipinski definition) is 1. The number of hydrogen-bond acceptors (Lipinski definition) is 3. The molecule has 17 heavy (non-hydrogen) atoms. The first-order chi connectivity index (χ1) is 8.27. The molecule has 0 aliphatic carbocycles. The van der Waals surface area contributed by atoms with E-state index in [2.05, 4.69) is 22.0 Å². The van der Waals surface area contributed by atoms with Crippen molar-refractivity contribution in [2.45, 2.75) is 38.6 Å². The van der Waals surface area contributed by atoms with Gasteiger partial charge in [0.05, 0.1) is 0 Å². The molecule has 1 amide bonds. The van der Waals surface area contributed by atoms with Crippen molar-refractivity contribution >= 4 is 5.91 Å². The average Bonchev–Trinajstić information content (AvgIpc) is 2.38. The predicted octanol–water partition coefficient (Wildman–Crippen LogP) is 0.683. The zero-order valence-corrected chi connectivity index (χ0v) is 11.0. The van der Waals surface area contributed by atoms with Gasteiger partial charge in [0.25, 0.3) is 0 Å². The Kier molecular flexibility index (Phi) is 4.80. The van der Waals surface area contributed by atoms with Crippen molar-refractivity contribution in [3.8, 4) is 0 Å². The Morgan fingerprint density at radius 2 is 2.00 bits per heavy atom. The summed E-state index contributed by atoms with van der Waals surface area (Å²) in [5.41, 5.74) is 0. The Balaban J connectivity index is 1.72. The fourth-order valence-electron chi connectivity index (χ4n) is 2.80. The number of amides is 1.